The molecule has 0 aliphatic heterocycles. The molecular formula is C9H14O4. The summed E-state index contributed by atoms with van der Waals surface area (Å²) >= 11 is 0. The normalized spacial score (nSPS) is 17.4. The first-order chi connectivity index (χ1) is 6.06. The van der Waals surface area contributed by atoms with Crippen LogP contribution in [0.5, 0.6) is 0 Å². The summed E-state index contributed by atoms with van der Waals surface area (Å²) in [5, 5.41) is 0. The molecule has 0 aromatic carbocycles. The lowest BCUT2D eigenvalue weighted by molar-refractivity contribution is -0.179. The highest BCUT2D eigenvalue weighted by molar-refractivity contribution is 5.80. The first-order valence-electron chi connectivity index (χ1n) is 4.39. The standard InChI is InChI=1S/C9H14O4/c1-9(2,12-6-10)8(11)13-7-4-3-5-7/h6-7H,3-5H2,1-2H3. The Hall–Kier alpha value is -1.06. The Balaban J connectivity index is 2.39. The number of hydrogen-bond donors (Lipinski definition) is 0. The number of rotatable bonds is 4. The quantitative estimate of drug-likeness (QED) is 0.486. The summed E-state index contributed by atoms with van der Waals surface area (Å²) < 4.78 is 9.69. The summed E-state index contributed by atoms with van der Waals surface area (Å²) in [7, 11) is 0. The average Bonchev–Trinajstić information content (AvgIpc) is 1.96. The Morgan fingerprint density at radius 1 is 1.46 bits per heavy atom. The van der Waals surface area contributed by atoms with Gasteiger partial charge in [0, 0.05) is 0 Å². The maximum atomic E-state index is 11.4. The molecule has 0 atom stereocenters. The molecule has 13 heavy (non-hydrogen) atoms. The number of esters is 1. The monoisotopic (exact) mass is 186 g/mol. The summed E-state index contributed by atoms with van der Waals surface area (Å²) in [6.07, 6.45) is 2.97. The number of carbonyl (C=O) groups excluding carboxylic acids is 2. The number of ether oxygens (including phenoxy) is 2. The van der Waals surface area contributed by atoms with Crippen LogP contribution in [0.3, 0.4) is 0 Å². The van der Waals surface area contributed by atoms with Gasteiger partial charge < -0.3 is 9.47 Å². The molecule has 0 saturated heterocycles. The minimum Gasteiger partial charge on any atom is -0.459 e. The molecular weight excluding hydrogens is 172 g/mol. The zero-order valence-corrected chi connectivity index (χ0v) is 7.91. The Morgan fingerprint density at radius 2 is 2.08 bits per heavy atom. The molecule has 0 heterocycles. The Kier molecular flexibility index (Phi) is 2.90. The van der Waals surface area contributed by atoms with Gasteiger partial charge in [-0.2, -0.15) is 0 Å². The van der Waals surface area contributed by atoms with E-state index < -0.39 is 11.6 Å². The minimum atomic E-state index is -1.16. The van der Waals surface area contributed by atoms with Crippen molar-refractivity contribution in [3.8, 4) is 0 Å². The van der Waals surface area contributed by atoms with Crippen LogP contribution >= 0.6 is 0 Å². The van der Waals surface area contributed by atoms with Gasteiger partial charge >= 0.3 is 5.97 Å². The van der Waals surface area contributed by atoms with Gasteiger partial charge in [0.25, 0.3) is 6.47 Å². The van der Waals surface area contributed by atoms with Crippen molar-refractivity contribution in [3.05, 3.63) is 0 Å². The molecule has 0 N–H and O–H groups in total. The molecule has 0 radical (unpaired) electrons. The molecule has 0 aromatic heterocycles. The highest BCUT2D eigenvalue weighted by atomic mass is 16.6. The number of hydrogen-bond acceptors (Lipinski definition) is 4. The number of carbonyl (C=O) groups is 2. The van der Waals surface area contributed by atoms with Crippen LogP contribution in [0.15, 0.2) is 0 Å². The molecule has 1 saturated carbocycles. The fourth-order valence-electron chi connectivity index (χ4n) is 0.950. The van der Waals surface area contributed by atoms with E-state index in [4.69, 9.17) is 4.74 Å². The smallest absolute Gasteiger partial charge is 0.350 e. The van der Waals surface area contributed by atoms with Gasteiger partial charge in [0.15, 0.2) is 0 Å². The van der Waals surface area contributed by atoms with Gasteiger partial charge in [0.1, 0.15) is 6.10 Å². The SMILES string of the molecule is CC(C)(OC=O)C(=O)OC1CCC1. The molecule has 0 unspecified atom stereocenters. The van der Waals surface area contributed by atoms with Crippen LogP contribution < -0.4 is 0 Å². The second-order valence-electron chi connectivity index (χ2n) is 3.68. The second kappa shape index (κ2) is 3.77. The molecule has 1 rings (SSSR count). The third kappa shape index (κ3) is 2.44. The third-order valence-electron chi connectivity index (χ3n) is 2.16. The molecule has 1 aliphatic rings. The van der Waals surface area contributed by atoms with Crippen molar-refractivity contribution < 1.29 is 19.1 Å². The van der Waals surface area contributed by atoms with Gasteiger partial charge in [-0.05, 0) is 33.1 Å². The summed E-state index contributed by atoms with van der Waals surface area (Å²) in [6, 6.07) is 0. The Labute approximate surface area is 77.2 Å². The molecule has 0 bridgehead atoms. The van der Waals surface area contributed by atoms with Crippen molar-refractivity contribution in [1.82, 2.24) is 0 Å². The van der Waals surface area contributed by atoms with Gasteiger partial charge in [-0.15, -0.1) is 0 Å². The van der Waals surface area contributed by atoms with E-state index >= 15 is 0 Å². The van der Waals surface area contributed by atoms with Gasteiger partial charge in [-0.1, -0.05) is 0 Å². The molecule has 1 aliphatic carbocycles. The summed E-state index contributed by atoms with van der Waals surface area (Å²) in [5.41, 5.74) is -1.16. The van der Waals surface area contributed by atoms with Crippen LogP contribution in [-0.4, -0.2) is 24.1 Å². The average molecular weight is 186 g/mol. The van der Waals surface area contributed by atoms with E-state index in [2.05, 4.69) is 4.74 Å². The topological polar surface area (TPSA) is 52.6 Å². The van der Waals surface area contributed by atoms with Gasteiger partial charge in [-0.25, -0.2) is 4.79 Å². The lowest BCUT2D eigenvalue weighted by Gasteiger charge is -2.29. The van der Waals surface area contributed by atoms with Crippen molar-refractivity contribution in [2.24, 2.45) is 0 Å². The summed E-state index contributed by atoms with van der Waals surface area (Å²) in [5.74, 6) is -0.468. The Morgan fingerprint density at radius 3 is 2.46 bits per heavy atom. The second-order valence-corrected chi connectivity index (χ2v) is 3.68. The zero-order chi connectivity index (χ0) is 9.90. The first-order valence-corrected chi connectivity index (χ1v) is 4.39. The lowest BCUT2D eigenvalue weighted by atomic mass is 9.96. The highest BCUT2D eigenvalue weighted by Crippen LogP contribution is 2.24. The molecule has 4 nitrogen and oxygen atoms in total. The van der Waals surface area contributed by atoms with E-state index in [-0.39, 0.29) is 12.6 Å². The van der Waals surface area contributed by atoms with Crippen LogP contribution in [0.1, 0.15) is 33.1 Å². The molecule has 1 fully saturated rings. The van der Waals surface area contributed by atoms with Crippen molar-refractivity contribution >= 4 is 12.4 Å². The van der Waals surface area contributed by atoms with E-state index in [0.29, 0.717) is 0 Å². The van der Waals surface area contributed by atoms with E-state index in [1.165, 1.54) is 13.8 Å². The minimum absolute atomic E-state index is 0.0297. The van der Waals surface area contributed by atoms with Crippen LogP contribution in [0.25, 0.3) is 0 Å². The molecule has 74 valence electrons. The molecule has 0 aromatic rings. The maximum Gasteiger partial charge on any atom is 0.350 e. The fourth-order valence-corrected chi connectivity index (χ4v) is 0.950. The van der Waals surface area contributed by atoms with Crippen molar-refractivity contribution in [2.45, 2.75) is 44.8 Å². The Bertz CT molecular complexity index is 206. The van der Waals surface area contributed by atoms with E-state index in [1.807, 2.05) is 0 Å². The van der Waals surface area contributed by atoms with Crippen molar-refractivity contribution in [1.29, 1.82) is 0 Å². The highest BCUT2D eigenvalue weighted by Gasteiger charge is 2.34. The van der Waals surface area contributed by atoms with Crippen LogP contribution in [0, 0.1) is 0 Å². The van der Waals surface area contributed by atoms with E-state index in [0.717, 1.165) is 19.3 Å². The predicted octanol–water partition coefficient (Wildman–Crippen LogP) is 1.03. The predicted molar refractivity (Wildman–Crippen MR) is 45.0 cm³/mol. The van der Waals surface area contributed by atoms with Gasteiger partial charge in [0.05, 0.1) is 0 Å². The van der Waals surface area contributed by atoms with Crippen molar-refractivity contribution in [2.75, 3.05) is 0 Å². The zero-order valence-electron chi connectivity index (χ0n) is 7.91. The van der Waals surface area contributed by atoms with E-state index in [9.17, 15) is 9.59 Å². The van der Waals surface area contributed by atoms with Crippen LogP contribution in [0.4, 0.5) is 0 Å². The van der Waals surface area contributed by atoms with E-state index in [1.54, 1.807) is 0 Å². The third-order valence-corrected chi connectivity index (χ3v) is 2.16. The van der Waals surface area contributed by atoms with Crippen LogP contribution in [0.2, 0.25) is 0 Å². The fraction of sp³-hybridized carbons (Fsp3) is 0.778. The first kappa shape index (κ1) is 10.0. The molecule has 4 heteroatoms. The maximum absolute atomic E-state index is 11.4. The molecule has 0 spiro atoms. The molecule has 0 amide bonds. The van der Waals surface area contributed by atoms with Crippen molar-refractivity contribution in [3.63, 3.8) is 0 Å². The van der Waals surface area contributed by atoms with Crippen LogP contribution in [-0.2, 0) is 19.1 Å². The summed E-state index contributed by atoms with van der Waals surface area (Å²) in [6.45, 7) is 3.30. The summed E-state index contributed by atoms with van der Waals surface area (Å²) in [4.78, 5) is 21.4. The van der Waals surface area contributed by atoms with Gasteiger partial charge in [-0.3, -0.25) is 4.79 Å². The van der Waals surface area contributed by atoms with Gasteiger partial charge in [0.2, 0.25) is 5.60 Å². The largest absolute Gasteiger partial charge is 0.459 e. The lowest BCUT2D eigenvalue weighted by Crippen LogP contribution is -2.40.